The number of urea groups is 1. The van der Waals surface area contributed by atoms with Crippen LogP contribution >= 0.6 is 0 Å². The Balaban J connectivity index is 1.89. The SMILES string of the molecule is CCOc1ccc(NC(=O)N2CCNCC2)cc1. The monoisotopic (exact) mass is 249 g/mol. The standard InChI is InChI=1S/C13H19N3O2/c1-2-18-12-5-3-11(4-6-12)15-13(17)16-9-7-14-8-10-16/h3-6,14H,2,7-10H2,1H3,(H,15,17). The van der Waals surface area contributed by atoms with E-state index < -0.39 is 0 Å². The maximum atomic E-state index is 11.9. The number of carbonyl (C=O) groups excluding carboxylic acids is 1. The maximum Gasteiger partial charge on any atom is 0.321 e. The van der Waals surface area contributed by atoms with E-state index in [0.717, 1.165) is 37.6 Å². The number of hydrogen-bond acceptors (Lipinski definition) is 3. The normalized spacial score (nSPS) is 15.3. The fraction of sp³-hybridized carbons (Fsp3) is 0.462. The number of amides is 2. The average molecular weight is 249 g/mol. The topological polar surface area (TPSA) is 53.6 Å². The van der Waals surface area contributed by atoms with Gasteiger partial charge in [0.05, 0.1) is 6.61 Å². The van der Waals surface area contributed by atoms with E-state index in [1.807, 2.05) is 36.1 Å². The van der Waals surface area contributed by atoms with Crippen molar-refractivity contribution in [3.05, 3.63) is 24.3 Å². The van der Waals surface area contributed by atoms with Crippen LogP contribution in [0, 0.1) is 0 Å². The predicted octanol–water partition coefficient (Wildman–Crippen LogP) is 1.52. The van der Waals surface area contributed by atoms with Crippen molar-refractivity contribution in [1.29, 1.82) is 0 Å². The third-order valence-electron chi connectivity index (χ3n) is 2.82. The van der Waals surface area contributed by atoms with Gasteiger partial charge >= 0.3 is 6.03 Å². The van der Waals surface area contributed by atoms with Crippen molar-refractivity contribution in [2.45, 2.75) is 6.92 Å². The molecule has 2 amide bonds. The number of piperazine rings is 1. The van der Waals surface area contributed by atoms with Gasteiger partial charge in [-0.05, 0) is 31.2 Å². The minimum absolute atomic E-state index is 0.0411. The van der Waals surface area contributed by atoms with Crippen LogP contribution in [0.25, 0.3) is 0 Å². The Bertz CT molecular complexity index is 386. The summed E-state index contributed by atoms with van der Waals surface area (Å²) < 4.78 is 5.35. The molecule has 0 aromatic heterocycles. The summed E-state index contributed by atoms with van der Waals surface area (Å²) >= 11 is 0. The predicted molar refractivity (Wildman–Crippen MR) is 71.1 cm³/mol. The van der Waals surface area contributed by atoms with E-state index >= 15 is 0 Å². The van der Waals surface area contributed by atoms with Gasteiger partial charge in [-0.1, -0.05) is 0 Å². The number of hydrogen-bond donors (Lipinski definition) is 2. The van der Waals surface area contributed by atoms with Crippen LogP contribution in [0.15, 0.2) is 24.3 Å². The van der Waals surface area contributed by atoms with E-state index in [4.69, 9.17) is 4.74 Å². The first-order valence-electron chi connectivity index (χ1n) is 6.29. The first kappa shape index (κ1) is 12.7. The van der Waals surface area contributed by atoms with Gasteiger partial charge in [-0.25, -0.2) is 4.79 Å². The Hall–Kier alpha value is -1.75. The molecule has 2 N–H and O–H groups in total. The van der Waals surface area contributed by atoms with E-state index in [0.29, 0.717) is 6.61 Å². The summed E-state index contributed by atoms with van der Waals surface area (Å²) in [4.78, 5) is 13.7. The molecule has 0 unspecified atom stereocenters. The van der Waals surface area contributed by atoms with Crippen LogP contribution in [0.3, 0.4) is 0 Å². The van der Waals surface area contributed by atoms with E-state index in [1.165, 1.54) is 0 Å². The highest BCUT2D eigenvalue weighted by Gasteiger charge is 2.15. The van der Waals surface area contributed by atoms with Crippen molar-refractivity contribution in [2.75, 3.05) is 38.1 Å². The average Bonchev–Trinajstić information content (AvgIpc) is 2.42. The fourth-order valence-electron chi connectivity index (χ4n) is 1.87. The fourth-order valence-corrected chi connectivity index (χ4v) is 1.87. The van der Waals surface area contributed by atoms with Gasteiger partial charge in [0.25, 0.3) is 0 Å². The Morgan fingerprint density at radius 2 is 2.00 bits per heavy atom. The quantitative estimate of drug-likeness (QED) is 0.854. The van der Waals surface area contributed by atoms with Crippen molar-refractivity contribution in [1.82, 2.24) is 10.2 Å². The lowest BCUT2D eigenvalue weighted by Gasteiger charge is -2.27. The largest absolute Gasteiger partial charge is 0.494 e. The van der Waals surface area contributed by atoms with E-state index in [1.54, 1.807) is 0 Å². The summed E-state index contributed by atoms with van der Waals surface area (Å²) in [5, 5.41) is 6.10. The van der Waals surface area contributed by atoms with Gasteiger partial charge in [0.15, 0.2) is 0 Å². The molecule has 1 aliphatic rings. The highest BCUT2D eigenvalue weighted by molar-refractivity contribution is 5.89. The van der Waals surface area contributed by atoms with Gasteiger partial charge in [0.1, 0.15) is 5.75 Å². The van der Waals surface area contributed by atoms with Crippen molar-refractivity contribution in [3.63, 3.8) is 0 Å². The van der Waals surface area contributed by atoms with E-state index in [-0.39, 0.29) is 6.03 Å². The van der Waals surface area contributed by atoms with Crippen molar-refractivity contribution < 1.29 is 9.53 Å². The second kappa shape index (κ2) is 6.26. The minimum Gasteiger partial charge on any atom is -0.494 e. The summed E-state index contributed by atoms with van der Waals surface area (Å²) in [6.45, 7) is 5.81. The molecular weight excluding hydrogens is 230 g/mol. The molecule has 5 nitrogen and oxygen atoms in total. The van der Waals surface area contributed by atoms with Gasteiger partial charge in [0.2, 0.25) is 0 Å². The number of nitrogens with one attached hydrogen (secondary N) is 2. The molecule has 0 aliphatic carbocycles. The molecule has 0 saturated carbocycles. The number of ether oxygens (including phenoxy) is 1. The zero-order chi connectivity index (χ0) is 12.8. The Kier molecular flexibility index (Phi) is 4.41. The molecule has 1 saturated heterocycles. The molecule has 1 aliphatic heterocycles. The summed E-state index contributed by atoms with van der Waals surface area (Å²) in [6, 6.07) is 7.38. The van der Waals surface area contributed by atoms with Gasteiger partial charge < -0.3 is 20.3 Å². The minimum atomic E-state index is -0.0411. The van der Waals surface area contributed by atoms with E-state index in [9.17, 15) is 4.79 Å². The lowest BCUT2D eigenvalue weighted by atomic mass is 10.3. The van der Waals surface area contributed by atoms with Crippen molar-refractivity contribution in [3.8, 4) is 5.75 Å². The molecule has 0 bridgehead atoms. The third-order valence-corrected chi connectivity index (χ3v) is 2.82. The smallest absolute Gasteiger partial charge is 0.321 e. The lowest BCUT2D eigenvalue weighted by Crippen LogP contribution is -2.48. The second-order valence-electron chi connectivity index (χ2n) is 4.12. The van der Waals surface area contributed by atoms with Crippen LogP contribution in [0.2, 0.25) is 0 Å². The van der Waals surface area contributed by atoms with Gasteiger partial charge in [-0.3, -0.25) is 0 Å². The molecule has 5 heteroatoms. The highest BCUT2D eigenvalue weighted by Crippen LogP contribution is 2.16. The molecule has 2 rings (SSSR count). The zero-order valence-corrected chi connectivity index (χ0v) is 10.6. The molecule has 0 atom stereocenters. The van der Waals surface area contributed by atoms with Crippen molar-refractivity contribution >= 4 is 11.7 Å². The first-order chi connectivity index (χ1) is 8.79. The lowest BCUT2D eigenvalue weighted by molar-refractivity contribution is 0.204. The molecule has 1 fully saturated rings. The molecule has 18 heavy (non-hydrogen) atoms. The number of rotatable bonds is 3. The highest BCUT2D eigenvalue weighted by atomic mass is 16.5. The molecule has 1 aromatic rings. The van der Waals surface area contributed by atoms with Crippen LogP contribution in [-0.4, -0.2) is 43.7 Å². The third kappa shape index (κ3) is 3.37. The summed E-state index contributed by atoms with van der Waals surface area (Å²) in [5.41, 5.74) is 0.794. The van der Waals surface area contributed by atoms with Gasteiger partial charge in [-0.15, -0.1) is 0 Å². The van der Waals surface area contributed by atoms with E-state index in [2.05, 4.69) is 10.6 Å². The summed E-state index contributed by atoms with van der Waals surface area (Å²) in [7, 11) is 0. The number of anilines is 1. The first-order valence-corrected chi connectivity index (χ1v) is 6.29. The molecular formula is C13H19N3O2. The van der Waals surface area contributed by atoms with Gasteiger partial charge in [0, 0.05) is 31.9 Å². The zero-order valence-electron chi connectivity index (χ0n) is 10.6. The molecule has 0 spiro atoms. The van der Waals surface area contributed by atoms with Crippen LogP contribution < -0.4 is 15.4 Å². The van der Waals surface area contributed by atoms with Crippen LogP contribution in [0.1, 0.15) is 6.92 Å². The van der Waals surface area contributed by atoms with Gasteiger partial charge in [-0.2, -0.15) is 0 Å². The second-order valence-corrected chi connectivity index (χ2v) is 4.12. The number of carbonyl (C=O) groups is 1. The number of nitrogens with zero attached hydrogens (tertiary/aromatic N) is 1. The maximum absolute atomic E-state index is 11.9. The van der Waals surface area contributed by atoms with Crippen molar-refractivity contribution in [2.24, 2.45) is 0 Å². The Labute approximate surface area is 107 Å². The number of benzene rings is 1. The van der Waals surface area contributed by atoms with Crippen LogP contribution in [-0.2, 0) is 0 Å². The Morgan fingerprint density at radius 1 is 1.33 bits per heavy atom. The van der Waals surface area contributed by atoms with Crippen LogP contribution in [0.4, 0.5) is 10.5 Å². The summed E-state index contributed by atoms with van der Waals surface area (Å²) in [6.07, 6.45) is 0. The molecule has 98 valence electrons. The summed E-state index contributed by atoms with van der Waals surface area (Å²) in [5.74, 6) is 0.817. The molecule has 1 aromatic carbocycles. The molecule has 0 radical (unpaired) electrons. The van der Waals surface area contributed by atoms with Crippen LogP contribution in [0.5, 0.6) is 5.75 Å². The molecule has 1 heterocycles. The Morgan fingerprint density at radius 3 is 2.61 bits per heavy atom.